The maximum atomic E-state index is 12.1. The van der Waals surface area contributed by atoms with E-state index in [1.165, 1.54) is 6.92 Å². The lowest BCUT2D eigenvalue weighted by atomic mass is 10.1. The van der Waals surface area contributed by atoms with Crippen LogP contribution in [-0.4, -0.2) is 18.4 Å². The van der Waals surface area contributed by atoms with Crippen LogP contribution in [0.2, 0.25) is 5.02 Å². The third-order valence-corrected chi connectivity index (χ3v) is 4.19. The summed E-state index contributed by atoms with van der Waals surface area (Å²) in [4.78, 5) is 25.8. The number of nitrogens with zero attached hydrogens (tertiary/aromatic N) is 1. The average Bonchev–Trinajstić information content (AvgIpc) is 2.53. The van der Waals surface area contributed by atoms with E-state index in [0.29, 0.717) is 17.3 Å². The molecule has 2 rings (SSSR count). The highest BCUT2D eigenvalue weighted by Gasteiger charge is 2.16. The summed E-state index contributed by atoms with van der Waals surface area (Å²) in [6.07, 6.45) is 0.218. The summed E-state index contributed by atoms with van der Waals surface area (Å²) in [5.74, 6) is -0.225. The van der Waals surface area contributed by atoms with Crippen molar-refractivity contribution in [3.63, 3.8) is 0 Å². The molecule has 1 N–H and O–H groups in total. The van der Waals surface area contributed by atoms with Gasteiger partial charge in [0.15, 0.2) is 0 Å². The van der Waals surface area contributed by atoms with Crippen LogP contribution >= 0.6 is 11.6 Å². The highest BCUT2D eigenvalue weighted by molar-refractivity contribution is 6.30. The Morgan fingerprint density at radius 1 is 1.08 bits per heavy atom. The first-order chi connectivity index (χ1) is 11.4. The zero-order valence-corrected chi connectivity index (χ0v) is 14.9. The van der Waals surface area contributed by atoms with E-state index in [4.69, 9.17) is 11.6 Å². The van der Waals surface area contributed by atoms with Gasteiger partial charge in [0.05, 0.1) is 0 Å². The molecule has 0 aliphatic carbocycles. The Balaban J connectivity index is 2.03. The van der Waals surface area contributed by atoms with Crippen LogP contribution in [0.1, 0.15) is 24.5 Å². The molecule has 0 heterocycles. The van der Waals surface area contributed by atoms with Crippen molar-refractivity contribution in [3.05, 3.63) is 58.6 Å². The quantitative estimate of drug-likeness (QED) is 0.877. The van der Waals surface area contributed by atoms with Crippen molar-refractivity contribution in [2.24, 2.45) is 0 Å². The Kier molecular flexibility index (Phi) is 5.99. The molecule has 2 aromatic carbocycles. The Labute approximate surface area is 147 Å². The van der Waals surface area contributed by atoms with Crippen molar-refractivity contribution in [1.82, 2.24) is 0 Å². The highest BCUT2D eigenvalue weighted by atomic mass is 35.5. The molecular formula is C19H21ClN2O2. The number of halogens is 1. The lowest BCUT2D eigenvalue weighted by molar-refractivity contribution is -0.117. The van der Waals surface area contributed by atoms with Crippen LogP contribution < -0.4 is 10.2 Å². The van der Waals surface area contributed by atoms with Crippen molar-refractivity contribution < 1.29 is 9.59 Å². The molecule has 24 heavy (non-hydrogen) atoms. The Morgan fingerprint density at radius 2 is 1.75 bits per heavy atom. The molecule has 0 unspecified atom stereocenters. The fourth-order valence-corrected chi connectivity index (χ4v) is 2.57. The molecule has 0 aliphatic heterocycles. The molecular weight excluding hydrogens is 324 g/mol. The normalized spacial score (nSPS) is 10.3. The van der Waals surface area contributed by atoms with E-state index in [1.807, 2.05) is 32.0 Å². The molecule has 0 saturated carbocycles. The van der Waals surface area contributed by atoms with Crippen LogP contribution in [0.25, 0.3) is 0 Å². The summed E-state index contributed by atoms with van der Waals surface area (Å²) in [6, 6.07) is 12.7. The molecule has 0 fully saturated rings. The number of nitrogens with one attached hydrogen (secondary N) is 1. The number of carbonyl (C=O) groups excluding carboxylic acids is 2. The Morgan fingerprint density at radius 3 is 2.38 bits per heavy atom. The van der Waals surface area contributed by atoms with Gasteiger partial charge in [0.25, 0.3) is 0 Å². The number of hydrogen-bond acceptors (Lipinski definition) is 2. The summed E-state index contributed by atoms with van der Waals surface area (Å²) in [5, 5.41) is 3.42. The largest absolute Gasteiger partial charge is 0.326 e. The van der Waals surface area contributed by atoms with Crippen molar-refractivity contribution in [2.75, 3.05) is 16.8 Å². The third kappa shape index (κ3) is 4.59. The molecule has 0 spiro atoms. The fraction of sp³-hybridized carbons (Fsp3) is 0.263. The number of rotatable bonds is 5. The van der Waals surface area contributed by atoms with Gasteiger partial charge in [-0.15, -0.1) is 0 Å². The minimum absolute atomic E-state index is 0.0806. The first-order valence-corrected chi connectivity index (χ1v) is 8.16. The molecule has 0 atom stereocenters. The van der Waals surface area contributed by atoms with Gasteiger partial charge in [0.2, 0.25) is 11.8 Å². The van der Waals surface area contributed by atoms with Crippen LogP contribution in [-0.2, 0) is 9.59 Å². The minimum atomic E-state index is -0.145. The van der Waals surface area contributed by atoms with Gasteiger partial charge >= 0.3 is 0 Å². The molecule has 5 heteroatoms. The molecule has 0 saturated heterocycles. The number of amides is 2. The number of anilines is 2. The van der Waals surface area contributed by atoms with Gasteiger partial charge in [-0.25, -0.2) is 0 Å². The maximum absolute atomic E-state index is 12.1. The average molecular weight is 345 g/mol. The highest BCUT2D eigenvalue weighted by Crippen LogP contribution is 2.23. The summed E-state index contributed by atoms with van der Waals surface area (Å²) in [7, 11) is 0. The minimum Gasteiger partial charge on any atom is -0.326 e. The molecule has 2 aromatic rings. The monoisotopic (exact) mass is 344 g/mol. The van der Waals surface area contributed by atoms with Gasteiger partial charge in [-0.1, -0.05) is 23.7 Å². The molecule has 0 radical (unpaired) electrons. The van der Waals surface area contributed by atoms with Gasteiger partial charge in [0.1, 0.15) is 0 Å². The second kappa shape index (κ2) is 7.97. The summed E-state index contributed by atoms with van der Waals surface area (Å²) in [5.41, 5.74) is 3.70. The van der Waals surface area contributed by atoms with Gasteiger partial charge in [-0.2, -0.15) is 0 Å². The van der Waals surface area contributed by atoms with Crippen molar-refractivity contribution in [3.8, 4) is 0 Å². The summed E-state index contributed by atoms with van der Waals surface area (Å²) < 4.78 is 0. The smallest absolute Gasteiger partial charge is 0.226 e. The standard InChI is InChI=1S/C19H21ClN2O2/c1-13-5-4-6-18(14(13)2)22(15(3)23)12-11-19(24)21-17-9-7-16(20)8-10-17/h4-10H,11-12H2,1-3H3,(H,21,24). The van der Waals surface area contributed by atoms with Crippen LogP contribution in [0.15, 0.2) is 42.5 Å². The molecule has 126 valence electrons. The van der Waals surface area contributed by atoms with Crippen LogP contribution in [0, 0.1) is 13.8 Å². The number of hydrogen-bond donors (Lipinski definition) is 1. The van der Waals surface area contributed by atoms with E-state index in [0.717, 1.165) is 16.8 Å². The van der Waals surface area contributed by atoms with E-state index >= 15 is 0 Å². The van der Waals surface area contributed by atoms with Gasteiger partial charge in [-0.05, 0) is 55.3 Å². The van der Waals surface area contributed by atoms with Gasteiger partial charge < -0.3 is 10.2 Å². The number of benzene rings is 2. The van der Waals surface area contributed by atoms with E-state index in [2.05, 4.69) is 5.32 Å². The molecule has 0 aliphatic rings. The van der Waals surface area contributed by atoms with E-state index < -0.39 is 0 Å². The first kappa shape index (κ1) is 18.0. The lowest BCUT2D eigenvalue weighted by Crippen LogP contribution is -2.32. The van der Waals surface area contributed by atoms with Crippen molar-refractivity contribution >= 4 is 34.8 Å². The second-order valence-corrected chi connectivity index (χ2v) is 6.13. The maximum Gasteiger partial charge on any atom is 0.226 e. The number of carbonyl (C=O) groups is 2. The molecule has 0 bridgehead atoms. The van der Waals surface area contributed by atoms with Gasteiger partial charge in [0, 0.05) is 36.3 Å². The lowest BCUT2D eigenvalue weighted by Gasteiger charge is -2.23. The molecule has 2 amide bonds. The van der Waals surface area contributed by atoms with Crippen LogP contribution in [0.4, 0.5) is 11.4 Å². The summed E-state index contributed by atoms with van der Waals surface area (Å²) in [6.45, 7) is 5.83. The van der Waals surface area contributed by atoms with Crippen LogP contribution in [0.3, 0.4) is 0 Å². The third-order valence-electron chi connectivity index (χ3n) is 3.94. The SMILES string of the molecule is CC(=O)N(CCC(=O)Nc1ccc(Cl)cc1)c1cccc(C)c1C. The molecule has 0 aromatic heterocycles. The zero-order valence-electron chi connectivity index (χ0n) is 14.1. The predicted octanol–water partition coefficient (Wildman–Crippen LogP) is 4.34. The second-order valence-electron chi connectivity index (χ2n) is 5.69. The van der Waals surface area contributed by atoms with E-state index in [9.17, 15) is 9.59 Å². The number of aryl methyl sites for hydroxylation is 1. The Bertz CT molecular complexity index is 742. The van der Waals surface area contributed by atoms with Crippen molar-refractivity contribution in [2.45, 2.75) is 27.2 Å². The van der Waals surface area contributed by atoms with Crippen molar-refractivity contribution in [1.29, 1.82) is 0 Å². The van der Waals surface area contributed by atoms with Crippen LogP contribution in [0.5, 0.6) is 0 Å². The summed E-state index contributed by atoms with van der Waals surface area (Å²) >= 11 is 5.82. The Hall–Kier alpha value is -2.33. The van der Waals surface area contributed by atoms with Gasteiger partial charge in [-0.3, -0.25) is 9.59 Å². The molecule has 4 nitrogen and oxygen atoms in total. The zero-order chi connectivity index (χ0) is 17.7. The first-order valence-electron chi connectivity index (χ1n) is 7.78. The predicted molar refractivity (Wildman–Crippen MR) is 98.6 cm³/mol. The fourth-order valence-electron chi connectivity index (χ4n) is 2.45. The van der Waals surface area contributed by atoms with E-state index in [-0.39, 0.29) is 18.2 Å². The topological polar surface area (TPSA) is 49.4 Å². The van der Waals surface area contributed by atoms with E-state index in [1.54, 1.807) is 29.2 Å².